The van der Waals surface area contributed by atoms with E-state index < -0.39 is 0 Å². The Morgan fingerprint density at radius 3 is 2.29 bits per heavy atom. The number of nitrogens with zero attached hydrogens (tertiary/aromatic N) is 1. The number of ether oxygens (including phenoxy) is 1. The summed E-state index contributed by atoms with van der Waals surface area (Å²) in [6, 6.07) is 25.3. The smallest absolute Gasteiger partial charge is 0.251 e. The van der Waals surface area contributed by atoms with Crippen LogP contribution in [0.5, 0.6) is 5.75 Å². The van der Waals surface area contributed by atoms with E-state index in [4.69, 9.17) is 15.9 Å². The summed E-state index contributed by atoms with van der Waals surface area (Å²) in [5, 5.41) is 11.9. The molecule has 34 heavy (non-hydrogen) atoms. The SMILES string of the molecule is N=C(N)c1ccc(-c2ccc(Cn3c(=O)ccc4cc(OC5CCNCC5)ccc43)cc2)cc1. The van der Waals surface area contributed by atoms with Crippen LogP contribution in [0.25, 0.3) is 22.0 Å². The largest absolute Gasteiger partial charge is 0.490 e. The van der Waals surface area contributed by atoms with E-state index in [1.165, 1.54) is 0 Å². The Bertz CT molecular complexity index is 1370. The molecule has 1 aliphatic rings. The lowest BCUT2D eigenvalue weighted by molar-refractivity contribution is 0.162. The van der Waals surface area contributed by atoms with E-state index in [1.54, 1.807) is 10.6 Å². The van der Waals surface area contributed by atoms with Crippen molar-refractivity contribution in [1.29, 1.82) is 5.41 Å². The maximum atomic E-state index is 12.7. The minimum Gasteiger partial charge on any atom is -0.490 e. The van der Waals surface area contributed by atoms with Gasteiger partial charge in [0.15, 0.2) is 0 Å². The molecule has 0 aliphatic carbocycles. The second-order valence-electron chi connectivity index (χ2n) is 8.73. The molecule has 5 rings (SSSR count). The lowest BCUT2D eigenvalue weighted by atomic mass is 10.0. The van der Waals surface area contributed by atoms with Crippen molar-refractivity contribution in [2.45, 2.75) is 25.5 Å². The van der Waals surface area contributed by atoms with Crippen LogP contribution in [0.4, 0.5) is 0 Å². The molecule has 0 radical (unpaired) electrons. The fourth-order valence-corrected chi connectivity index (χ4v) is 4.45. The average molecular weight is 453 g/mol. The topological polar surface area (TPSA) is 93.1 Å². The van der Waals surface area contributed by atoms with Gasteiger partial charge in [-0.15, -0.1) is 0 Å². The highest BCUT2D eigenvalue weighted by molar-refractivity contribution is 5.95. The number of aromatic nitrogens is 1. The second kappa shape index (κ2) is 9.53. The Labute approximate surface area is 198 Å². The molecule has 2 heterocycles. The molecule has 3 aromatic carbocycles. The average Bonchev–Trinajstić information content (AvgIpc) is 2.87. The number of benzene rings is 3. The van der Waals surface area contributed by atoms with Gasteiger partial charge in [0, 0.05) is 17.0 Å². The molecule has 172 valence electrons. The van der Waals surface area contributed by atoms with Crippen LogP contribution in [0.15, 0.2) is 83.7 Å². The van der Waals surface area contributed by atoms with E-state index in [-0.39, 0.29) is 17.5 Å². The fraction of sp³-hybridized carbons (Fsp3) is 0.214. The van der Waals surface area contributed by atoms with Crippen molar-refractivity contribution >= 4 is 16.7 Å². The fourth-order valence-electron chi connectivity index (χ4n) is 4.45. The van der Waals surface area contributed by atoms with Crippen molar-refractivity contribution in [3.05, 3.63) is 100 Å². The minimum atomic E-state index is -0.0246. The van der Waals surface area contributed by atoms with Crippen LogP contribution in [0, 0.1) is 5.41 Å². The predicted molar refractivity (Wildman–Crippen MR) is 137 cm³/mol. The monoisotopic (exact) mass is 452 g/mol. The van der Waals surface area contributed by atoms with Gasteiger partial charge in [-0.1, -0.05) is 48.5 Å². The first-order valence-corrected chi connectivity index (χ1v) is 11.6. The first-order valence-electron chi connectivity index (χ1n) is 11.6. The molecule has 1 aliphatic heterocycles. The molecule has 4 aromatic rings. The predicted octanol–water partition coefficient (Wildman–Crippen LogP) is 4.13. The molecule has 0 atom stereocenters. The number of nitrogen functional groups attached to an aromatic ring is 1. The third-order valence-electron chi connectivity index (χ3n) is 6.37. The number of hydrogen-bond donors (Lipinski definition) is 3. The first-order chi connectivity index (χ1) is 16.6. The van der Waals surface area contributed by atoms with Gasteiger partial charge in [-0.3, -0.25) is 10.2 Å². The summed E-state index contributed by atoms with van der Waals surface area (Å²) < 4.78 is 7.99. The number of piperidine rings is 1. The van der Waals surface area contributed by atoms with Gasteiger partial charge in [0.25, 0.3) is 5.56 Å². The van der Waals surface area contributed by atoms with Crippen LogP contribution < -0.4 is 21.3 Å². The molecule has 1 aromatic heterocycles. The Morgan fingerprint density at radius 2 is 1.62 bits per heavy atom. The van der Waals surface area contributed by atoms with Crippen molar-refractivity contribution < 1.29 is 4.74 Å². The molecule has 0 spiro atoms. The zero-order valence-corrected chi connectivity index (χ0v) is 19.0. The molecule has 0 bridgehead atoms. The number of rotatable bonds is 6. The highest BCUT2D eigenvalue weighted by Gasteiger charge is 2.15. The molecule has 0 amide bonds. The lowest BCUT2D eigenvalue weighted by Crippen LogP contribution is -2.34. The van der Waals surface area contributed by atoms with Crippen molar-refractivity contribution in [3.8, 4) is 16.9 Å². The van der Waals surface area contributed by atoms with Crippen LogP contribution in [-0.4, -0.2) is 29.6 Å². The van der Waals surface area contributed by atoms with Gasteiger partial charge in [-0.05, 0) is 66.9 Å². The van der Waals surface area contributed by atoms with Crippen LogP contribution in [0.2, 0.25) is 0 Å². The summed E-state index contributed by atoms with van der Waals surface area (Å²) in [5.74, 6) is 0.914. The van der Waals surface area contributed by atoms with E-state index in [0.29, 0.717) is 12.1 Å². The first kappa shape index (κ1) is 21.9. The third-order valence-corrected chi connectivity index (χ3v) is 6.37. The summed E-state index contributed by atoms with van der Waals surface area (Å²) in [6.07, 6.45) is 2.25. The van der Waals surface area contributed by atoms with Crippen LogP contribution >= 0.6 is 0 Å². The Kier molecular flexibility index (Phi) is 6.14. The normalized spacial score (nSPS) is 14.2. The van der Waals surface area contributed by atoms with Gasteiger partial charge < -0.3 is 20.4 Å². The van der Waals surface area contributed by atoms with Crippen molar-refractivity contribution in [2.75, 3.05) is 13.1 Å². The van der Waals surface area contributed by atoms with Gasteiger partial charge in [0.1, 0.15) is 17.7 Å². The molecule has 6 nitrogen and oxygen atoms in total. The van der Waals surface area contributed by atoms with E-state index >= 15 is 0 Å². The number of nitrogens with two attached hydrogens (primary N) is 1. The van der Waals surface area contributed by atoms with E-state index in [2.05, 4.69) is 17.4 Å². The third kappa shape index (κ3) is 4.72. The summed E-state index contributed by atoms with van der Waals surface area (Å²) in [4.78, 5) is 12.7. The molecular weight excluding hydrogens is 424 g/mol. The summed E-state index contributed by atoms with van der Waals surface area (Å²) in [7, 11) is 0. The number of hydrogen-bond acceptors (Lipinski definition) is 4. The van der Waals surface area contributed by atoms with Crippen LogP contribution in [0.1, 0.15) is 24.0 Å². The quantitative estimate of drug-likeness (QED) is 0.303. The Balaban J connectivity index is 1.36. The van der Waals surface area contributed by atoms with Gasteiger partial charge in [0.05, 0.1) is 12.1 Å². The Morgan fingerprint density at radius 1 is 0.941 bits per heavy atom. The lowest BCUT2D eigenvalue weighted by Gasteiger charge is -2.24. The van der Waals surface area contributed by atoms with Gasteiger partial charge in [0.2, 0.25) is 0 Å². The zero-order chi connectivity index (χ0) is 23.5. The molecule has 0 saturated carbocycles. The molecule has 0 unspecified atom stereocenters. The van der Waals surface area contributed by atoms with E-state index in [0.717, 1.165) is 59.3 Å². The maximum Gasteiger partial charge on any atom is 0.251 e. The summed E-state index contributed by atoms with van der Waals surface area (Å²) in [5.41, 5.74) is 10.3. The number of nitrogens with one attached hydrogen (secondary N) is 2. The number of pyridine rings is 1. The van der Waals surface area contributed by atoms with E-state index in [1.807, 2.05) is 60.7 Å². The molecule has 6 heteroatoms. The Hall–Kier alpha value is -3.90. The van der Waals surface area contributed by atoms with Crippen molar-refractivity contribution in [2.24, 2.45) is 5.73 Å². The molecule has 1 saturated heterocycles. The van der Waals surface area contributed by atoms with Gasteiger partial charge >= 0.3 is 0 Å². The number of amidine groups is 1. The highest BCUT2D eigenvalue weighted by atomic mass is 16.5. The zero-order valence-electron chi connectivity index (χ0n) is 19.0. The summed E-state index contributed by atoms with van der Waals surface area (Å²) in [6.45, 7) is 2.47. The van der Waals surface area contributed by atoms with Crippen LogP contribution in [-0.2, 0) is 6.54 Å². The standard InChI is InChI=1S/C28H28N4O2/c29-28(30)22-7-5-21(6-8-22)20-3-1-19(2-4-20)18-32-26-11-10-25(17-23(26)9-12-27(32)33)34-24-13-15-31-16-14-24/h1-12,17,24,31H,13-16,18H2,(H3,29,30). The number of fused-ring (bicyclic) bond motifs is 1. The minimum absolute atomic E-state index is 0.0246. The molecule has 1 fully saturated rings. The van der Waals surface area contributed by atoms with Gasteiger partial charge in [-0.25, -0.2) is 0 Å². The maximum absolute atomic E-state index is 12.7. The van der Waals surface area contributed by atoms with Crippen LogP contribution in [0.3, 0.4) is 0 Å². The van der Waals surface area contributed by atoms with Crippen molar-refractivity contribution in [3.63, 3.8) is 0 Å². The highest BCUT2D eigenvalue weighted by Crippen LogP contribution is 2.24. The van der Waals surface area contributed by atoms with Gasteiger partial charge in [-0.2, -0.15) is 0 Å². The molecular formula is C28H28N4O2. The molecule has 4 N–H and O–H groups in total. The summed E-state index contributed by atoms with van der Waals surface area (Å²) >= 11 is 0. The van der Waals surface area contributed by atoms with E-state index in [9.17, 15) is 4.79 Å². The van der Waals surface area contributed by atoms with Crippen molar-refractivity contribution in [1.82, 2.24) is 9.88 Å². The second-order valence-corrected chi connectivity index (χ2v) is 8.73.